The Morgan fingerprint density at radius 2 is 1.88 bits per heavy atom. The van der Waals surface area contributed by atoms with Crippen LogP contribution in [-0.2, 0) is 6.54 Å². The minimum atomic E-state index is 0.236. The molecule has 4 N–H and O–H groups in total. The molecular formula is C18H27N6O+. The van der Waals surface area contributed by atoms with Gasteiger partial charge in [0.25, 0.3) is 0 Å². The minimum absolute atomic E-state index is 0.236. The number of nitrogen functional groups attached to an aromatic ring is 1. The third-order valence-corrected chi connectivity index (χ3v) is 4.54. The molecule has 0 spiro atoms. The fraction of sp³-hybridized carbons (Fsp3) is 0.500. The van der Waals surface area contributed by atoms with E-state index in [1.54, 1.807) is 7.11 Å². The molecule has 0 amide bonds. The maximum Gasteiger partial charge on any atom is 0.232 e. The lowest BCUT2D eigenvalue weighted by Crippen LogP contribution is -3.13. The maximum atomic E-state index is 5.90. The number of hydrogen-bond donors (Lipinski definition) is 3. The molecule has 0 bridgehead atoms. The molecule has 134 valence electrons. The molecule has 0 aliphatic carbocycles. The van der Waals surface area contributed by atoms with Crippen LogP contribution in [0, 0.1) is 11.8 Å². The summed E-state index contributed by atoms with van der Waals surface area (Å²) in [5, 5.41) is 3.18. The van der Waals surface area contributed by atoms with Gasteiger partial charge in [-0.05, 0) is 18.6 Å². The fourth-order valence-electron chi connectivity index (χ4n) is 3.73. The second kappa shape index (κ2) is 7.65. The molecule has 1 aliphatic rings. The van der Waals surface area contributed by atoms with Gasteiger partial charge in [-0.15, -0.1) is 0 Å². The predicted molar refractivity (Wildman–Crippen MR) is 97.9 cm³/mol. The second-order valence-corrected chi connectivity index (χ2v) is 7.04. The van der Waals surface area contributed by atoms with Gasteiger partial charge in [0.2, 0.25) is 11.9 Å². The molecule has 0 radical (unpaired) electrons. The van der Waals surface area contributed by atoms with E-state index >= 15 is 0 Å². The van der Waals surface area contributed by atoms with Gasteiger partial charge in [-0.2, -0.15) is 15.0 Å². The lowest BCUT2D eigenvalue weighted by atomic mass is 9.92. The van der Waals surface area contributed by atoms with E-state index in [2.05, 4.69) is 34.1 Å². The van der Waals surface area contributed by atoms with E-state index in [1.165, 1.54) is 11.3 Å². The Hall–Kier alpha value is -2.41. The highest BCUT2D eigenvalue weighted by Crippen LogP contribution is 2.25. The Bertz CT molecular complexity index is 712. The summed E-state index contributed by atoms with van der Waals surface area (Å²) in [7, 11) is 1.63. The van der Waals surface area contributed by atoms with Crippen LogP contribution < -0.4 is 20.7 Å². The third kappa shape index (κ3) is 4.57. The molecule has 25 heavy (non-hydrogen) atoms. The summed E-state index contributed by atoms with van der Waals surface area (Å²) in [4.78, 5) is 14.6. The van der Waals surface area contributed by atoms with Crippen molar-refractivity contribution in [2.24, 2.45) is 11.8 Å². The molecule has 2 unspecified atom stereocenters. The number of para-hydroxylation sites is 2. The summed E-state index contributed by atoms with van der Waals surface area (Å²) >= 11 is 0. The number of anilines is 3. The smallest absolute Gasteiger partial charge is 0.232 e. The molecule has 1 saturated heterocycles. The van der Waals surface area contributed by atoms with Crippen molar-refractivity contribution < 1.29 is 9.64 Å². The van der Waals surface area contributed by atoms with Crippen molar-refractivity contribution in [1.82, 2.24) is 15.0 Å². The van der Waals surface area contributed by atoms with Crippen molar-refractivity contribution in [3.8, 4) is 5.75 Å². The molecule has 7 nitrogen and oxygen atoms in total. The van der Waals surface area contributed by atoms with Crippen molar-refractivity contribution in [1.29, 1.82) is 0 Å². The first-order valence-corrected chi connectivity index (χ1v) is 8.77. The second-order valence-electron chi connectivity index (χ2n) is 7.04. The Labute approximate surface area is 148 Å². The fourth-order valence-corrected chi connectivity index (χ4v) is 3.73. The molecule has 3 rings (SSSR count). The zero-order valence-electron chi connectivity index (χ0n) is 15.1. The normalized spacial score (nSPS) is 23.2. The average Bonchev–Trinajstić information content (AvgIpc) is 2.53. The number of nitrogens with two attached hydrogens (primary N) is 1. The number of rotatable bonds is 5. The van der Waals surface area contributed by atoms with Crippen LogP contribution in [0.2, 0.25) is 0 Å². The molecule has 1 fully saturated rings. The summed E-state index contributed by atoms with van der Waals surface area (Å²) in [6, 6.07) is 7.64. The van der Waals surface area contributed by atoms with Gasteiger partial charge in [-0.25, -0.2) is 0 Å². The van der Waals surface area contributed by atoms with E-state index in [4.69, 9.17) is 10.5 Å². The van der Waals surface area contributed by atoms with Crippen LogP contribution in [0.1, 0.15) is 26.1 Å². The molecule has 1 aliphatic heterocycles. The van der Waals surface area contributed by atoms with Gasteiger partial charge >= 0.3 is 0 Å². The zero-order chi connectivity index (χ0) is 17.8. The van der Waals surface area contributed by atoms with Gasteiger partial charge in [0, 0.05) is 11.8 Å². The number of hydrogen-bond acceptors (Lipinski definition) is 6. The minimum Gasteiger partial charge on any atom is -0.495 e. The molecule has 1 aromatic carbocycles. The monoisotopic (exact) mass is 343 g/mol. The van der Waals surface area contributed by atoms with Gasteiger partial charge in [0.05, 0.1) is 25.9 Å². The molecule has 2 atom stereocenters. The SMILES string of the molecule is COc1ccccc1Nc1nc(N)nc(C[NH+]2CC(C)CC(C)C2)n1. The zero-order valence-corrected chi connectivity index (χ0v) is 15.1. The van der Waals surface area contributed by atoms with Crippen molar-refractivity contribution in [3.05, 3.63) is 30.1 Å². The van der Waals surface area contributed by atoms with E-state index in [-0.39, 0.29) is 5.95 Å². The van der Waals surface area contributed by atoms with Crippen LogP contribution in [-0.4, -0.2) is 35.2 Å². The number of nitrogens with zero attached hydrogens (tertiary/aromatic N) is 3. The number of benzene rings is 1. The number of piperidine rings is 1. The largest absolute Gasteiger partial charge is 0.495 e. The van der Waals surface area contributed by atoms with Gasteiger partial charge in [-0.3, -0.25) is 0 Å². The topological polar surface area (TPSA) is 90.4 Å². The first-order valence-electron chi connectivity index (χ1n) is 8.77. The summed E-state index contributed by atoms with van der Waals surface area (Å²) in [5.74, 6) is 3.59. The van der Waals surface area contributed by atoms with Crippen LogP contribution in [0.4, 0.5) is 17.6 Å². The van der Waals surface area contributed by atoms with E-state index in [0.29, 0.717) is 5.95 Å². The van der Waals surface area contributed by atoms with E-state index in [9.17, 15) is 0 Å². The van der Waals surface area contributed by atoms with E-state index in [1.807, 2.05) is 24.3 Å². The molecule has 2 heterocycles. The number of quaternary nitrogens is 1. The molecule has 1 aromatic heterocycles. The highest BCUT2D eigenvalue weighted by atomic mass is 16.5. The number of aromatic nitrogens is 3. The lowest BCUT2D eigenvalue weighted by molar-refractivity contribution is -0.926. The first-order chi connectivity index (χ1) is 12.0. The average molecular weight is 343 g/mol. The standard InChI is InChI=1S/C18H26N6O/c1-12-8-13(2)10-24(9-12)11-16-21-17(19)23-18(22-16)20-14-6-4-5-7-15(14)25-3/h4-7,12-13H,8-11H2,1-3H3,(H3,19,20,21,22,23)/p+1. The van der Waals surface area contributed by atoms with E-state index < -0.39 is 0 Å². The van der Waals surface area contributed by atoms with Crippen LogP contribution in [0.5, 0.6) is 5.75 Å². The van der Waals surface area contributed by atoms with Crippen LogP contribution in [0.15, 0.2) is 24.3 Å². The third-order valence-electron chi connectivity index (χ3n) is 4.54. The number of ether oxygens (including phenoxy) is 1. The van der Waals surface area contributed by atoms with Crippen molar-refractivity contribution >= 4 is 17.6 Å². The summed E-state index contributed by atoms with van der Waals surface area (Å²) < 4.78 is 5.35. The lowest BCUT2D eigenvalue weighted by Gasteiger charge is -2.31. The number of methoxy groups -OCH3 is 1. The van der Waals surface area contributed by atoms with Gasteiger partial charge < -0.3 is 20.7 Å². The van der Waals surface area contributed by atoms with Gasteiger partial charge in [0.15, 0.2) is 5.82 Å². The number of likely N-dealkylation sites (tertiary alicyclic amines) is 1. The quantitative estimate of drug-likeness (QED) is 0.757. The Morgan fingerprint density at radius 3 is 2.60 bits per heavy atom. The summed E-state index contributed by atoms with van der Waals surface area (Å²) in [6.45, 7) is 7.68. The number of nitrogens with one attached hydrogen (secondary N) is 2. The molecule has 7 heteroatoms. The highest BCUT2D eigenvalue weighted by molar-refractivity contribution is 5.62. The predicted octanol–water partition coefficient (Wildman–Crippen LogP) is 1.27. The molecule has 2 aromatic rings. The van der Waals surface area contributed by atoms with Gasteiger partial charge in [0.1, 0.15) is 12.3 Å². The first kappa shape index (κ1) is 17.4. The highest BCUT2D eigenvalue weighted by Gasteiger charge is 2.26. The Balaban J connectivity index is 1.76. The van der Waals surface area contributed by atoms with Crippen molar-refractivity contribution in [2.75, 3.05) is 31.2 Å². The molecule has 0 saturated carbocycles. The summed E-state index contributed by atoms with van der Waals surface area (Å²) in [6.07, 6.45) is 1.30. The summed E-state index contributed by atoms with van der Waals surface area (Å²) in [5.41, 5.74) is 6.70. The van der Waals surface area contributed by atoms with E-state index in [0.717, 1.165) is 48.7 Å². The molecular weight excluding hydrogens is 316 g/mol. The van der Waals surface area contributed by atoms with Crippen LogP contribution in [0.3, 0.4) is 0 Å². The van der Waals surface area contributed by atoms with Crippen LogP contribution in [0.25, 0.3) is 0 Å². The van der Waals surface area contributed by atoms with Crippen molar-refractivity contribution in [2.45, 2.75) is 26.8 Å². The Morgan fingerprint density at radius 1 is 1.16 bits per heavy atom. The van der Waals surface area contributed by atoms with Gasteiger partial charge in [-0.1, -0.05) is 26.0 Å². The van der Waals surface area contributed by atoms with Crippen molar-refractivity contribution in [3.63, 3.8) is 0 Å². The van der Waals surface area contributed by atoms with Crippen LogP contribution >= 0.6 is 0 Å². The maximum absolute atomic E-state index is 5.90. The Kier molecular flexibility index (Phi) is 5.33.